The average Bonchev–Trinajstić information content (AvgIpc) is 3.21. The molecule has 3 rings (SSSR count). The van der Waals surface area contributed by atoms with Gasteiger partial charge in [0, 0.05) is 18.2 Å². The van der Waals surface area contributed by atoms with Crippen molar-refractivity contribution in [3.05, 3.63) is 53.1 Å². The van der Waals surface area contributed by atoms with Gasteiger partial charge in [0.25, 0.3) is 5.91 Å². The van der Waals surface area contributed by atoms with E-state index < -0.39 is 0 Å². The number of ether oxygens (including phenoxy) is 3. The Morgan fingerprint density at radius 2 is 1.90 bits per heavy atom. The SMILES string of the molecule is COc1ccc([C@@H]2CCCN2C(=O)COc2cc(C)ccc2C(C)C)c(OC)c1. The summed E-state index contributed by atoms with van der Waals surface area (Å²) in [5.74, 6) is 2.62. The highest BCUT2D eigenvalue weighted by molar-refractivity contribution is 5.79. The number of carbonyl (C=O) groups is 1. The van der Waals surface area contributed by atoms with Crippen LogP contribution < -0.4 is 14.2 Å². The molecule has 0 aromatic heterocycles. The van der Waals surface area contributed by atoms with Crippen LogP contribution >= 0.6 is 0 Å². The summed E-state index contributed by atoms with van der Waals surface area (Å²) < 4.78 is 16.8. The Morgan fingerprint density at radius 1 is 1.10 bits per heavy atom. The molecule has 0 N–H and O–H groups in total. The third-order valence-corrected chi connectivity index (χ3v) is 5.52. The van der Waals surface area contributed by atoms with E-state index in [2.05, 4.69) is 26.0 Å². The van der Waals surface area contributed by atoms with Crippen molar-refractivity contribution in [1.82, 2.24) is 4.90 Å². The minimum atomic E-state index is -0.00552. The zero-order chi connectivity index (χ0) is 21.0. The normalized spacial score (nSPS) is 16.2. The van der Waals surface area contributed by atoms with Crippen molar-refractivity contribution < 1.29 is 19.0 Å². The number of benzene rings is 2. The molecule has 1 fully saturated rings. The number of amides is 1. The third-order valence-electron chi connectivity index (χ3n) is 5.52. The van der Waals surface area contributed by atoms with Crippen LogP contribution in [0.25, 0.3) is 0 Å². The fourth-order valence-corrected chi connectivity index (χ4v) is 3.95. The van der Waals surface area contributed by atoms with Crippen molar-refractivity contribution in [1.29, 1.82) is 0 Å². The monoisotopic (exact) mass is 397 g/mol. The van der Waals surface area contributed by atoms with Crippen LogP contribution in [-0.2, 0) is 4.79 Å². The van der Waals surface area contributed by atoms with Crippen molar-refractivity contribution in [2.75, 3.05) is 27.4 Å². The van der Waals surface area contributed by atoms with E-state index in [-0.39, 0.29) is 18.6 Å². The fourth-order valence-electron chi connectivity index (χ4n) is 3.95. The molecule has 0 unspecified atom stereocenters. The summed E-state index contributed by atoms with van der Waals surface area (Å²) in [5.41, 5.74) is 3.26. The summed E-state index contributed by atoms with van der Waals surface area (Å²) in [6.07, 6.45) is 1.88. The van der Waals surface area contributed by atoms with Crippen molar-refractivity contribution in [2.24, 2.45) is 0 Å². The molecule has 29 heavy (non-hydrogen) atoms. The molecule has 2 aromatic carbocycles. The first kappa shape index (κ1) is 21.0. The van der Waals surface area contributed by atoms with E-state index >= 15 is 0 Å². The van der Waals surface area contributed by atoms with Gasteiger partial charge in [0.2, 0.25) is 0 Å². The van der Waals surface area contributed by atoms with Crippen LogP contribution in [-0.4, -0.2) is 38.2 Å². The molecule has 0 spiro atoms. The Balaban J connectivity index is 1.75. The zero-order valence-corrected chi connectivity index (χ0v) is 18.0. The largest absolute Gasteiger partial charge is 0.497 e. The lowest BCUT2D eigenvalue weighted by atomic mass is 10.0. The van der Waals surface area contributed by atoms with Crippen LogP contribution in [0.15, 0.2) is 36.4 Å². The second kappa shape index (κ2) is 9.21. The second-order valence-corrected chi connectivity index (χ2v) is 7.84. The number of hydrogen-bond acceptors (Lipinski definition) is 4. The number of nitrogens with zero attached hydrogens (tertiary/aromatic N) is 1. The van der Waals surface area contributed by atoms with Gasteiger partial charge < -0.3 is 19.1 Å². The number of methoxy groups -OCH3 is 2. The molecule has 156 valence electrons. The minimum Gasteiger partial charge on any atom is -0.497 e. The highest BCUT2D eigenvalue weighted by Crippen LogP contribution is 2.39. The summed E-state index contributed by atoms with van der Waals surface area (Å²) in [6, 6.07) is 11.9. The molecule has 1 aliphatic rings. The number of rotatable bonds is 7. The zero-order valence-electron chi connectivity index (χ0n) is 18.0. The fraction of sp³-hybridized carbons (Fsp3) is 0.458. The Morgan fingerprint density at radius 3 is 2.59 bits per heavy atom. The Bertz CT molecular complexity index is 862. The summed E-state index contributed by atoms with van der Waals surface area (Å²) in [4.78, 5) is 14.9. The van der Waals surface area contributed by atoms with Gasteiger partial charge in [0.15, 0.2) is 6.61 Å². The van der Waals surface area contributed by atoms with Gasteiger partial charge >= 0.3 is 0 Å². The Labute approximate surface area is 173 Å². The van der Waals surface area contributed by atoms with Crippen LogP contribution in [0.2, 0.25) is 0 Å². The van der Waals surface area contributed by atoms with Crippen LogP contribution in [0.1, 0.15) is 55.3 Å². The molecule has 1 heterocycles. The van der Waals surface area contributed by atoms with Gasteiger partial charge in [-0.3, -0.25) is 4.79 Å². The molecule has 0 bridgehead atoms. The van der Waals surface area contributed by atoms with Crippen molar-refractivity contribution in [3.63, 3.8) is 0 Å². The van der Waals surface area contributed by atoms with Crippen molar-refractivity contribution >= 4 is 5.91 Å². The average molecular weight is 398 g/mol. The minimum absolute atomic E-state index is 0.00147. The lowest BCUT2D eigenvalue weighted by Crippen LogP contribution is -2.34. The van der Waals surface area contributed by atoms with Gasteiger partial charge in [-0.1, -0.05) is 26.0 Å². The maximum Gasteiger partial charge on any atom is 0.261 e. The van der Waals surface area contributed by atoms with E-state index in [9.17, 15) is 4.79 Å². The third kappa shape index (κ3) is 4.66. The first-order chi connectivity index (χ1) is 13.9. The summed E-state index contributed by atoms with van der Waals surface area (Å²) in [7, 11) is 3.28. The van der Waals surface area contributed by atoms with E-state index in [1.807, 2.05) is 36.1 Å². The second-order valence-electron chi connectivity index (χ2n) is 7.84. The molecule has 0 saturated carbocycles. The maximum absolute atomic E-state index is 13.0. The summed E-state index contributed by atoms with van der Waals surface area (Å²) in [5, 5.41) is 0. The molecular weight excluding hydrogens is 366 g/mol. The Hall–Kier alpha value is -2.69. The van der Waals surface area contributed by atoms with E-state index in [0.29, 0.717) is 5.92 Å². The van der Waals surface area contributed by atoms with Gasteiger partial charge in [0.05, 0.1) is 20.3 Å². The molecule has 1 saturated heterocycles. The molecule has 1 aliphatic heterocycles. The first-order valence-electron chi connectivity index (χ1n) is 10.2. The van der Waals surface area contributed by atoms with Crippen molar-refractivity contribution in [2.45, 2.75) is 45.6 Å². The van der Waals surface area contributed by atoms with E-state index in [4.69, 9.17) is 14.2 Å². The van der Waals surface area contributed by atoms with E-state index in [1.54, 1.807) is 14.2 Å². The Kier molecular flexibility index (Phi) is 6.68. The van der Waals surface area contributed by atoms with Crippen LogP contribution in [0, 0.1) is 6.92 Å². The quantitative estimate of drug-likeness (QED) is 0.668. The van der Waals surface area contributed by atoms with Crippen LogP contribution in [0.5, 0.6) is 17.2 Å². The van der Waals surface area contributed by atoms with E-state index in [0.717, 1.165) is 53.3 Å². The number of likely N-dealkylation sites (tertiary alicyclic amines) is 1. The molecule has 1 atom stereocenters. The topological polar surface area (TPSA) is 48.0 Å². The molecule has 2 aromatic rings. The summed E-state index contributed by atoms with van der Waals surface area (Å²) >= 11 is 0. The lowest BCUT2D eigenvalue weighted by molar-refractivity contribution is -0.134. The first-order valence-corrected chi connectivity index (χ1v) is 10.2. The maximum atomic E-state index is 13.0. The van der Waals surface area contributed by atoms with Crippen LogP contribution in [0.4, 0.5) is 0 Å². The van der Waals surface area contributed by atoms with Crippen LogP contribution in [0.3, 0.4) is 0 Å². The standard InChI is InChI=1S/C24H31NO4/c1-16(2)19-10-8-17(3)13-23(19)29-15-24(26)25-12-6-7-21(25)20-11-9-18(27-4)14-22(20)28-5/h8-11,13-14,16,21H,6-7,12,15H2,1-5H3/t21-/m0/s1. The van der Waals surface area contributed by atoms with Crippen molar-refractivity contribution in [3.8, 4) is 17.2 Å². The summed E-state index contributed by atoms with van der Waals surface area (Å²) in [6.45, 7) is 7.06. The molecule has 0 aliphatic carbocycles. The lowest BCUT2D eigenvalue weighted by Gasteiger charge is -2.27. The van der Waals surface area contributed by atoms with Gasteiger partial charge in [-0.05, 0) is 55.0 Å². The molecule has 1 amide bonds. The molecule has 0 radical (unpaired) electrons. The molecule has 5 nitrogen and oxygen atoms in total. The molecular formula is C24H31NO4. The molecule has 5 heteroatoms. The van der Waals surface area contributed by atoms with Gasteiger partial charge in [-0.15, -0.1) is 0 Å². The highest BCUT2D eigenvalue weighted by Gasteiger charge is 2.32. The van der Waals surface area contributed by atoms with E-state index in [1.165, 1.54) is 0 Å². The highest BCUT2D eigenvalue weighted by atomic mass is 16.5. The van der Waals surface area contributed by atoms with Gasteiger partial charge in [-0.25, -0.2) is 0 Å². The predicted octanol–water partition coefficient (Wildman–Crippen LogP) is 4.88. The van der Waals surface area contributed by atoms with Gasteiger partial charge in [-0.2, -0.15) is 0 Å². The number of hydrogen-bond donors (Lipinski definition) is 0. The number of aryl methyl sites for hydroxylation is 1. The smallest absolute Gasteiger partial charge is 0.261 e. The number of carbonyl (C=O) groups excluding carboxylic acids is 1. The van der Waals surface area contributed by atoms with Gasteiger partial charge in [0.1, 0.15) is 17.2 Å². The predicted molar refractivity (Wildman–Crippen MR) is 114 cm³/mol.